The van der Waals surface area contributed by atoms with Crippen molar-refractivity contribution in [2.45, 2.75) is 25.0 Å². The van der Waals surface area contributed by atoms with Gasteiger partial charge in [0, 0.05) is 30.2 Å². The average molecular weight is 398 g/mol. The maximum atomic E-state index is 12.9. The molecule has 1 saturated carbocycles. The SMILES string of the molecule is C/C=C1\CN[C@@H]2C[C@H]1C(C(=O)OC)[C@]2(O)c1ccnc2cc(OC)c(OC)cc12. The van der Waals surface area contributed by atoms with Gasteiger partial charge in [0.1, 0.15) is 5.60 Å². The molecule has 154 valence electrons. The summed E-state index contributed by atoms with van der Waals surface area (Å²) in [5, 5.41) is 16.2. The number of nitrogens with zero attached hydrogens (tertiary/aromatic N) is 1. The molecule has 1 aromatic heterocycles. The van der Waals surface area contributed by atoms with Gasteiger partial charge in [0.15, 0.2) is 11.5 Å². The number of hydrogen-bond donors (Lipinski definition) is 2. The minimum Gasteiger partial charge on any atom is -0.493 e. The summed E-state index contributed by atoms with van der Waals surface area (Å²) in [6.07, 6.45) is 4.33. The van der Waals surface area contributed by atoms with E-state index in [1.165, 1.54) is 7.11 Å². The molecule has 7 heteroatoms. The second kappa shape index (κ2) is 7.31. The van der Waals surface area contributed by atoms with Crippen LogP contribution in [0.1, 0.15) is 18.9 Å². The maximum Gasteiger partial charge on any atom is 0.312 e. The van der Waals surface area contributed by atoms with Gasteiger partial charge in [-0.25, -0.2) is 0 Å². The third kappa shape index (κ3) is 2.80. The van der Waals surface area contributed by atoms with E-state index in [0.29, 0.717) is 35.5 Å². The van der Waals surface area contributed by atoms with Gasteiger partial charge >= 0.3 is 5.97 Å². The van der Waals surface area contributed by atoms with Gasteiger partial charge in [-0.2, -0.15) is 0 Å². The topological polar surface area (TPSA) is 89.9 Å². The highest BCUT2D eigenvalue weighted by Crippen LogP contribution is 2.53. The number of methoxy groups -OCH3 is 3. The van der Waals surface area contributed by atoms with Crippen molar-refractivity contribution < 1.29 is 24.1 Å². The third-order valence-corrected chi connectivity index (χ3v) is 6.43. The second-order valence-corrected chi connectivity index (χ2v) is 7.55. The first-order valence-electron chi connectivity index (χ1n) is 9.69. The first kappa shape index (κ1) is 19.7. The van der Waals surface area contributed by atoms with Crippen molar-refractivity contribution in [3.8, 4) is 11.5 Å². The number of fused-ring (bicyclic) bond motifs is 3. The predicted molar refractivity (Wildman–Crippen MR) is 108 cm³/mol. The van der Waals surface area contributed by atoms with Crippen molar-refractivity contribution in [2.75, 3.05) is 27.9 Å². The van der Waals surface area contributed by atoms with Crippen molar-refractivity contribution in [3.05, 3.63) is 41.6 Å². The fraction of sp³-hybridized carbons (Fsp3) is 0.455. The molecule has 2 aliphatic rings. The summed E-state index contributed by atoms with van der Waals surface area (Å²) in [5.74, 6) is -0.103. The zero-order chi connectivity index (χ0) is 20.8. The summed E-state index contributed by atoms with van der Waals surface area (Å²) in [6, 6.07) is 5.09. The molecular formula is C22H26N2O5. The Hall–Kier alpha value is -2.64. The molecule has 4 rings (SSSR count). The number of pyridine rings is 1. The van der Waals surface area contributed by atoms with E-state index in [1.54, 1.807) is 32.5 Å². The Balaban J connectivity index is 1.96. The van der Waals surface area contributed by atoms with Gasteiger partial charge in [0.05, 0.1) is 32.8 Å². The van der Waals surface area contributed by atoms with Crippen LogP contribution >= 0.6 is 0 Å². The number of aromatic nitrogens is 1. The van der Waals surface area contributed by atoms with E-state index in [0.717, 1.165) is 11.0 Å². The molecule has 0 spiro atoms. The fourth-order valence-corrected chi connectivity index (χ4v) is 5.03. The number of piperidine rings is 1. The lowest BCUT2D eigenvalue weighted by Crippen LogP contribution is -2.49. The highest BCUT2D eigenvalue weighted by Gasteiger charge is 2.61. The molecule has 0 radical (unpaired) electrons. The van der Waals surface area contributed by atoms with Crippen LogP contribution in [0.4, 0.5) is 0 Å². The normalized spacial score (nSPS) is 29.8. The Morgan fingerprint density at radius 2 is 2.00 bits per heavy atom. The highest BCUT2D eigenvalue weighted by atomic mass is 16.5. The molecule has 1 aliphatic carbocycles. The van der Waals surface area contributed by atoms with Crippen LogP contribution in [0.2, 0.25) is 0 Å². The number of carbonyl (C=O) groups is 1. The van der Waals surface area contributed by atoms with Crippen molar-refractivity contribution in [2.24, 2.45) is 11.8 Å². The van der Waals surface area contributed by atoms with Crippen LogP contribution < -0.4 is 14.8 Å². The number of hydrogen-bond acceptors (Lipinski definition) is 7. The molecule has 1 saturated heterocycles. The first-order chi connectivity index (χ1) is 14.0. The fourth-order valence-electron chi connectivity index (χ4n) is 5.03. The molecule has 1 unspecified atom stereocenters. The number of aliphatic hydroxyl groups is 1. The van der Waals surface area contributed by atoms with Crippen molar-refractivity contribution in [1.82, 2.24) is 10.3 Å². The zero-order valence-electron chi connectivity index (χ0n) is 17.1. The third-order valence-electron chi connectivity index (χ3n) is 6.43. The van der Waals surface area contributed by atoms with Crippen LogP contribution in [0.3, 0.4) is 0 Å². The van der Waals surface area contributed by atoms with E-state index < -0.39 is 17.5 Å². The standard InChI is InChI=1S/C22H26N2O5/c1-5-12-11-24-19-9-13(12)20(21(25)29-4)22(19,26)15-6-7-23-16-10-18(28-3)17(27-2)8-14(15)16/h5-8,10,13,19-20,24,26H,9,11H2,1-4H3/b12-5+/t13-,19-,20?,22+/m1/s1. The largest absolute Gasteiger partial charge is 0.493 e. The Bertz CT molecular complexity index is 989. The smallest absolute Gasteiger partial charge is 0.312 e. The van der Waals surface area contributed by atoms with Crippen LogP contribution in [0, 0.1) is 11.8 Å². The molecule has 2 fully saturated rings. The number of benzene rings is 1. The molecule has 29 heavy (non-hydrogen) atoms. The molecule has 0 amide bonds. The van der Waals surface area contributed by atoms with E-state index in [9.17, 15) is 9.90 Å². The average Bonchev–Trinajstić information content (AvgIpc) is 2.99. The summed E-state index contributed by atoms with van der Waals surface area (Å²) >= 11 is 0. The Kier molecular flexibility index (Phi) is 4.96. The minimum absolute atomic E-state index is 0.0768. The van der Waals surface area contributed by atoms with Gasteiger partial charge in [-0.05, 0) is 37.0 Å². The van der Waals surface area contributed by atoms with Gasteiger partial charge in [-0.15, -0.1) is 0 Å². The van der Waals surface area contributed by atoms with E-state index in [2.05, 4.69) is 10.3 Å². The quantitative estimate of drug-likeness (QED) is 0.603. The Morgan fingerprint density at radius 3 is 2.66 bits per heavy atom. The summed E-state index contributed by atoms with van der Waals surface area (Å²) in [6.45, 7) is 2.60. The van der Waals surface area contributed by atoms with Crippen molar-refractivity contribution >= 4 is 16.9 Å². The monoisotopic (exact) mass is 398 g/mol. The second-order valence-electron chi connectivity index (χ2n) is 7.55. The molecule has 7 nitrogen and oxygen atoms in total. The molecule has 2 bridgehead atoms. The molecule has 2 aromatic rings. The van der Waals surface area contributed by atoms with Gasteiger partial charge in [0.2, 0.25) is 0 Å². The number of ether oxygens (including phenoxy) is 3. The summed E-state index contributed by atoms with van der Waals surface area (Å²) in [4.78, 5) is 17.3. The molecule has 4 atom stereocenters. The molecule has 2 N–H and O–H groups in total. The number of allylic oxidation sites excluding steroid dienone is 1. The molecule has 1 aromatic carbocycles. The summed E-state index contributed by atoms with van der Waals surface area (Å²) in [7, 11) is 4.50. The van der Waals surface area contributed by atoms with Gasteiger partial charge in [-0.1, -0.05) is 11.6 Å². The number of rotatable bonds is 4. The highest BCUT2D eigenvalue weighted by molar-refractivity contribution is 5.88. The summed E-state index contributed by atoms with van der Waals surface area (Å²) in [5.41, 5.74) is 0.967. The van der Waals surface area contributed by atoms with E-state index in [1.807, 2.05) is 19.1 Å². The van der Waals surface area contributed by atoms with Crippen LogP contribution in [-0.4, -0.2) is 50.0 Å². The molecule has 1 aliphatic heterocycles. The van der Waals surface area contributed by atoms with Crippen LogP contribution in [-0.2, 0) is 15.1 Å². The first-order valence-corrected chi connectivity index (χ1v) is 9.69. The number of nitrogens with one attached hydrogen (secondary N) is 1. The van der Waals surface area contributed by atoms with Crippen LogP contribution in [0.25, 0.3) is 10.9 Å². The number of carbonyl (C=O) groups excluding carboxylic acids is 1. The van der Waals surface area contributed by atoms with Gasteiger partial charge in [0.25, 0.3) is 0 Å². The zero-order valence-corrected chi connectivity index (χ0v) is 17.1. The van der Waals surface area contributed by atoms with Gasteiger partial charge < -0.3 is 24.6 Å². The lowest BCUT2D eigenvalue weighted by atomic mass is 9.77. The van der Waals surface area contributed by atoms with Crippen molar-refractivity contribution in [1.29, 1.82) is 0 Å². The van der Waals surface area contributed by atoms with E-state index in [4.69, 9.17) is 14.2 Å². The lowest BCUT2D eigenvalue weighted by Gasteiger charge is -2.35. The van der Waals surface area contributed by atoms with Crippen molar-refractivity contribution in [3.63, 3.8) is 0 Å². The lowest BCUT2D eigenvalue weighted by molar-refractivity contribution is -0.156. The van der Waals surface area contributed by atoms with Crippen LogP contribution in [0.5, 0.6) is 11.5 Å². The van der Waals surface area contributed by atoms with Gasteiger partial charge in [-0.3, -0.25) is 9.78 Å². The Morgan fingerprint density at radius 1 is 1.28 bits per heavy atom. The number of esters is 1. The molecule has 2 heterocycles. The summed E-state index contributed by atoms with van der Waals surface area (Å²) < 4.78 is 16.0. The molecular weight excluding hydrogens is 372 g/mol. The Labute approximate surface area is 169 Å². The van der Waals surface area contributed by atoms with E-state index >= 15 is 0 Å². The maximum absolute atomic E-state index is 12.9. The predicted octanol–water partition coefficient (Wildman–Crippen LogP) is 2.17. The van der Waals surface area contributed by atoms with E-state index in [-0.39, 0.29) is 12.0 Å². The minimum atomic E-state index is -1.44. The van der Waals surface area contributed by atoms with Crippen LogP contribution in [0.15, 0.2) is 36.0 Å².